The Hall–Kier alpha value is -2.91. The summed E-state index contributed by atoms with van der Waals surface area (Å²) in [5, 5.41) is 29.0. The van der Waals surface area contributed by atoms with E-state index in [1.54, 1.807) is 30.3 Å². The maximum atomic E-state index is 14.4. The lowest BCUT2D eigenvalue weighted by Gasteiger charge is -2.40. The van der Waals surface area contributed by atoms with Gasteiger partial charge in [0.1, 0.15) is 0 Å². The van der Waals surface area contributed by atoms with Crippen molar-refractivity contribution in [2.45, 2.75) is 69.1 Å². The molecule has 0 saturated carbocycles. The van der Waals surface area contributed by atoms with Gasteiger partial charge in [0.2, 0.25) is 9.84 Å². The number of aliphatic hydroxyl groups is 1. The Kier molecular flexibility index (Phi) is 8.16. The Morgan fingerprint density at radius 3 is 1.79 bits per heavy atom. The Bertz CT molecular complexity index is 1130. The second kappa shape index (κ2) is 10.1. The molecule has 0 aliphatic heterocycles. The van der Waals surface area contributed by atoms with Gasteiger partial charge in [-0.2, -0.15) is 0 Å². The number of hydrogen-bond acceptors (Lipinski definition) is 5. The van der Waals surface area contributed by atoms with Gasteiger partial charge in [-0.05, 0) is 46.6 Å². The van der Waals surface area contributed by atoms with Gasteiger partial charge in [0.15, 0.2) is 5.96 Å². The molecule has 0 unspecified atom stereocenters. The van der Waals surface area contributed by atoms with Crippen molar-refractivity contribution in [3.63, 3.8) is 0 Å². The first-order valence-corrected chi connectivity index (χ1v) is 12.7. The molecule has 186 valence electrons. The molecule has 2 aromatic rings. The van der Waals surface area contributed by atoms with E-state index in [9.17, 15) is 23.4 Å². The zero-order valence-electron chi connectivity index (χ0n) is 20.5. The van der Waals surface area contributed by atoms with Crippen LogP contribution in [0.1, 0.15) is 76.0 Å². The first kappa shape index (κ1) is 27.3. The number of hydrogen-bond donors (Lipinski definition) is 4. The van der Waals surface area contributed by atoms with E-state index >= 15 is 0 Å². The second-order valence-electron chi connectivity index (χ2n) is 9.30. The van der Waals surface area contributed by atoms with Gasteiger partial charge < -0.3 is 15.9 Å². The van der Waals surface area contributed by atoms with E-state index in [2.05, 4.69) is 0 Å². The molecule has 8 nitrogen and oxygen atoms in total. The molecule has 0 radical (unpaired) electrons. The summed E-state index contributed by atoms with van der Waals surface area (Å²) in [4.78, 5) is 10.4. The lowest BCUT2D eigenvalue weighted by atomic mass is 9.89. The zero-order valence-corrected chi connectivity index (χ0v) is 21.3. The molecule has 34 heavy (non-hydrogen) atoms. The standard InChI is InChI=1S/C25H35N3O5S/c1-15(2)18-12-20(16(3)4)22(21(13-18)17(5)6)34(32,33)25(14-29,23(30)31)28(24(26)27)19-10-8-7-9-11-19/h7-13,15-17,29H,14H2,1-6H3,(H3,26,27)(H,30,31)/t25-/m1/s1. The van der Waals surface area contributed by atoms with Crippen molar-refractivity contribution in [1.82, 2.24) is 0 Å². The van der Waals surface area contributed by atoms with Gasteiger partial charge in [0.25, 0.3) is 4.87 Å². The van der Waals surface area contributed by atoms with Gasteiger partial charge in [-0.1, -0.05) is 71.9 Å². The monoisotopic (exact) mass is 489 g/mol. The van der Waals surface area contributed by atoms with Crippen molar-refractivity contribution in [2.75, 3.05) is 11.5 Å². The quantitative estimate of drug-likeness (QED) is 0.308. The van der Waals surface area contributed by atoms with Crippen molar-refractivity contribution >= 4 is 27.5 Å². The van der Waals surface area contributed by atoms with E-state index in [0.717, 1.165) is 5.56 Å². The number of carboxylic acid groups (broad SMARTS) is 1. The first-order chi connectivity index (χ1) is 15.7. The van der Waals surface area contributed by atoms with Crippen LogP contribution < -0.4 is 10.6 Å². The molecule has 0 bridgehead atoms. The van der Waals surface area contributed by atoms with Gasteiger partial charge in [0.05, 0.1) is 11.5 Å². The van der Waals surface area contributed by atoms with E-state index in [-0.39, 0.29) is 28.3 Å². The lowest BCUT2D eigenvalue weighted by Crippen LogP contribution is -2.66. The Morgan fingerprint density at radius 2 is 1.47 bits per heavy atom. The molecule has 0 aromatic heterocycles. The van der Waals surface area contributed by atoms with E-state index in [0.29, 0.717) is 16.0 Å². The van der Waals surface area contributed by atoms with Crippen molar-refractivity contribution < 1.29 is 23.4 Å². The van der Waals surface area contributed by atoms with Crippen molar-refractivity contribution in [3.8, 4) is 0 Å². The van der Waals surface area contributed by atoms with Crippen LogP contribution in [-0.2, 0) is 14.6 Å². The van der Waals surface area contributed by atoms with Crippen LogP contribution in [0.4, 0.5) is 5.69 Å². The number of anilines is 1. The van der Waals surface area contributed by atoms with Gasteiger partial charge in [0, 0.05) is 5.69 Å². The topological polar surface area (TPSA) is 145 Å². The summed E-state index contributed by atoms with van der Waals surface area (Å²) in [5.74, 6) is -3.04. The van der Waals surface area contributed by atoms with Crippen LogP contribution >= 0.6 is 0 Å². The van der Waals surface area contributed by atoms with Gasteiger partial charge in [-0.25, -0.2) is 13.2 Å². The number of carboxylic acids is 1. The Morgan fingerprint density at radius 1 is 1.00 bits per heavy atom. The number of carbonyl (C=O) groups is 1. The van der Waals surface area contributed by atoms with Crippen LogP contribution in [0, 0.1) is 5.41 Å². The predicted molar refractivity (Wildman–Crippen MR) is 134 cm³/mol. The molecule has 2 aromatic carbocycles. The third-order valence-corrected chi connectivity index (χ3v) is 8.34. The minimum Gasteiger partial charge on any atom is -0.479 e. The number of para-hydroxylation sites is 1. The third-order valence-electron chi connectivity index (χ3n) is 5.96. The average Bonchev–Trinajstić information content (AvgIpc) is 2.75. The maximum Gasteiger partial charge on any atom is 0.348 e. The molecule has 9 heteroatoms. The van der Waals surface area contributed by atoms with E-state index in [1.807, 2.05) is 41.5 Å². The number of guanidine groups is 1. The molecule has 0 aliphatic rings. The fourth-order valence-corrected chi connectivity index (χ4v) is 6.43. The smallest absolute Gasteiger partial charge is 0.348 e. The summed E-state index contributed by atoms with van der Waals surface area (Å²) in [7, 11) is -4.84. The Balaban J connectivity index is 3.09. The summed E-state index contributed by atoms with van der Waals surface area (Å²) in [6.45, 7) is 10.0. The summed E-state index contributed by atoms with van der Waals surface area (Å²) in [5.41, 5.74) is 7.69. The Labute approximate surface area is 201 Å². The number of benzene rings is 2. The normalized spacial score (nSPS) is 13.8. The molecule has 0 fully saturated rings. The van der Waals surface area contributed by atoms with Crippen molar-refractivity contribution in [2.24, 2.45) is 5.73 Å². The molecular formula is C25H35N3O5S. The van der Waals surface area contributed by atoms with Crippen molar-refractivity contribution in [3.05, 3.63) is 59.2 Å². The SMILES string of the molecule is CC(C)c1cc(C(C)C)c(S(=O)(=O)[C@](CO)(C(=O)O)N(C(=N)N)c2ccccc2)c(C(C)C)c1. The average molecular weight is 490 g/mol. The maximum absolute atomic E-state index is 14.4. The molecule has 0 amide bonds. The lowest BCUT2D eigenvalue weighted by molar-refractivity contribution is -0.140. The number of nitrogens with two attached hydrogens (primary N) is 1. The highest BCUT2D eigenvalue weighted by Gasteiger charge is 2.59. The van der Waals surface area contributed by atoms with Crippen LogP contribution in [0.5, 0.6) is 0 Å². The fraction of sp³-hybridized carbons (Fsp3) is 0.440. The highest BCUT2D eigenvalue weighted by atomic mass is 32.2. The van der Waals surface area contributed by atoms with Crippen LogP contribution in [-0.4, -0.2) is 42.0 Å². The van der Waals surface area contributed by atoms with Gasteiger partial charge >= 0.3 is 5.97 Å². The largest absolute Gasteiger partial charge is 0.479 e. The number of nitrogens with zero attached hydrogens (tertiary/aromatic N) is 1. The minimum atomic E-state index is -4.84. The van der Waals surface area contributed by atoms with Crippen LogP contribution in [0.3, 0.4) is 0 Å². The summed E-state index contributed by atoms with van der Waals surface area (Å²) >= 11 is 0. The highest BCUT2D eigenvalue weighted by molar-refractivity contribution is 7.94. The first-order valence-electron chi connectivity index (χ1n) is 11.2. The van der Waals surface area contributed by atoms with Crippen LogP contribution in [0.15, 0.2) is 47.4 Å². The molecule has 0 aliphatic carbocycles. The number of rotatable bonds is 9. The molecular weight excluding hydrogens is 454 g/mol. The van der Waals surface area contributed by atoms with Crippen LogP contribution in [0.25, 0.3) is 0 Å². The summed E-state index contributed by atoms with van der Waals surface area (Å²) in [6, 6.07) is 11.3. The number of aliphatic hydroxyl groups excluding tert-OH is 1. The highest BCUT2D eigenvalue weighted by Crippen LogP contribution is 2.42. The molecule has 1 atom stereocenters. The van der Waals surface area contributed by atoms with Gasteiger partial charge in [-0.3, -0.25) is 10.3 Å². The minimum absolute atomic E-state index is 0.0611. The number of aliphatic carboxylic acids is 1. The van der Waals surface area contributed by atoms with E-state index in [4.69, 9.17) is 11.1 Å². The van der Waals surface area contributed by atoms with Crippen molar-refractivity contribution in [1.29, 1.82) is 5.41 Å². The van der Waals surface area contributed by atoms with E-state index < -0.39 is 33.2 Å². The van der Waals surface area contributed by atoms with E-state index in [1.165, 1.54) is 12.1 Å². The molecule has 0 saturated heterocycles. The molecule has 0 spiro atoms. The third kappa shape index (κ3) is 4.54. The van der Waals surface area contributed by atoms with Crippen LogP contribution in [0.2, 0.25) is 0 Å². The predicted octanol–water partition coefficient (Wildman–Crippen LogP) is 4.00. The summed E-state index contributed by atoms with van der Waals surface area (Å²) in [6.07, 6.45) is 0. The number of nitrogens with one attached hydrogen (secondary N) is 1. The molecule has 5 N–H and O–H groups in total. The summed E-state index contributed by atoms with van der Waals surface area (Å²) < 4.78 is 28.9. The molecule has 2 rings (SSSR count). The fourth-order valence-electron chi connectivity index (χ4n) is 4.04. The zero-order chi connectivity index (χ0) is 26.0. The second-order valence-corrected chi connectivity index (χ2v) is 11.4. The number of sulfone groups is 1. The van der Waals surface area contributed by atoms with Gasteiger partial charge in [-0.15, -0.1) is 0 Å². The molecule has 0 heterocycles.